The minimum atomic E-state index is -2.25. The predicted molar refractivity (Wildman–Crippen MR) is 154 cm³/mol. The molecule has 39 heavy (non-hydrogen) atoms. The SMILES string of the molecule is C[Si]1(C)C2=CC(=[N+]3CCOCC3)C=CC2=C(c2cc(C(=O)O)sc2C(=O)O)c2ccc(N3CCOCC3)cc21. The molecule has 0 spiro atoms. The van der Waals surface area contributed by atoms with Gasteiger partial charge in [-0.1, -0.05) is 19.2 Å². The second-order valence-electron chi connectivity index (χ2n) is 10.6. The highest BCUT2D eigenvalue weighted by atomic mass is 32.1. The molecule has 0 saturated carbocycles. The number of morpholine rings is 2. The van der Waals surface area contributed by atoms with Gasteiger partial charge in [-0.15, -0.1) is 11.3 Å². The molecule has 0 radical (unpaired) electrons. The molecule has 10 heteroatoms. The second kappa shape index (κ2) is 10.0. The van der Waals surface area contributed by atoms with E-state index in [-0.39, 0.29) is 9.75 Å². The van der Waals surface area contributed by atoms with Gasteiger partial charge in [0.2, 0.25) is 0 Å². The predicted octanol–water partition coefficient (Wildman–Crippen LogP) is 3.23. The maximum Gasteiger partial charge on any atom is 0.346 e. The van der Waals surface area contributed by atoms with Crippen molar-refractivity contribution < 1.29 is 33.9 Å². The largest absolute Gasteiger partial charge is 0.477 e. The van der Waals surface area contributed by atoms with Crippen molar-refractivity contribution in [1.29, 1.82) is 0 Å². The highest BCUT2D eigenvalue weighted by molar-refractivity contribution is 7.16. The number of carboxylic acids is 2. The van der Waals surface area contributed by atoms with E-state index in [0.717, 1.165) is 65.6 Å². The Bertz CT molecular complexity index is 1500. The molecule has 8 nitrogen and oxygen atoms in total. The van der Waals surface area contributed by atoms with E-state index in [9.17, 15) is 19.8 Å². The molecular weight excluding hydrogens is 532 g/mol. The number of ether oxygens (including phenoxy) is 2. The maximum absolute atomic E-state index is 12.3. The van der Waals surface area contributed by atoms with Crippen molar-refractivity contribution in [2.45, 2.75) is 13.1 Å². The number of fused-ring (bicyclic) bond motifs is 2. The minimum absolute atomic E-state index is 0.0231. The van der Waals surface area contributed by atoms with Crippen LogP contribution in [0.4, 0.5) is 5.69 Å². The number of aromatic carboxylic acids is 2. The van der Waals surface area contributed by atoms with Crippen LogP contribution in [0, 0.1) is 0 Å². The minimum Gasteiger partial charge on any atom is -0.477 e. The van der Waals surface area contributed by atoms with Gasteiger partial charge in [0, 0.05) is 36.5 Å². The Morgan fingerprint density at radius 1 is 0.949 bits per heavy atom. The normalized spacial score (nSPS) is 20.5. The van der Waals surface area contributed by atoms with Crippen molar-refractivity contribution in [3.63, 3.8) is 0 Å². The monoisotopic (exact) mass is 563 g/mol. The molecule has 2 N–H and O–H groups in total. The van der Waals surface area contributed by atoms with Gasteiger partial charge in [0.15, 0.2) is 18.8 Å². The molecule has 4 heterocycles. The van der Waals surface area contributed by atoms with Crippen molar-refractivity contribution in [2.24, 2.45) is 0 Å². The molecule has 202 valence electrons. The third kappa shape index (κ3) is 4.51. The Labute approximate surface area is 231 Å². The van der Waals surface area contributed by atoms with E-state index < -0.39 is 20.0 Å². The topological polar surface area (TPSA) is 99.3 Å². The van der Waals surface area contributed by atoms with E-state index >= 15 is 0 Å². The molecule has 6 rings (SSSR count). The zero-order valence-electron chi connectivity index (χ0n) is 22.0. The number of allylic oxidation sites excluding steroid dienone is 5. The number of anilines is 1. The number of carboxylic acid groups (broad SMARTS) is 2. The van der Waals surface area contributed by atoms with Gasteiger partial charge in [0.05, 0.1) is 13.2 Å². The van der Waals surface area contributed by atoms with Crippen LogP contribution >= 0.6 is 11.3 Å². The Hall–Kier alpha value is -3.31. The van der Waals surface area contributed by atoms with Gasteiger partial charge in [-0.25, -0.2) is 14.2 Å². The van der Waals surface area contributed by atoms with Crippen LogP contribution in [0.3, 0.4) is 0 Å². The molecule has 0 unspecified atom stereocenters. The summed E-state index contributed by atoms with van der Waals surface area (Å²) in [5, 5.41) is 22.3. The number of nitrogens with zero attached hydrogens (tertiary/aromatic N) is 2. The number of carbonyl (C=O) groups is 2. The van der Waals surface area contributed by atoms with Crippen molar-refractivity contribution in [3.8, 4) is 0 Å². The Balaban J connectivity index is 1.61. The highest BCUT2D eigenvalue weighted by Gasteiger charge is 2.42. The average Bonchev–Trinajstić information content (AvgIpc) is 3.40. The van der Waals surface area contributed by atoms with E-state index in [4.69, 9.17) is 9.47 Å². The summed E-state index contributed by atoms with van der Waals surface area (Å²) in [6.07, 6.45) is 6.49. The van der Waals surface area contributed by atoms with Gasteiger partial charge in [-0.05, 0) is 51.4 Å². The Morgan fingerprint density at radius 3 is 2.36 bits per heavy atom. The van der Waals surface area contributed by atoms with Crippen molar-refractivity contribution in [1.82, 2.24) is 0 Å². The fourth-order valence-corrected chi connectivity index (χ4v) is 9.91. The van der Waals surface area contributed by atoms with Crippen LogP contribution in [0.1, 0.15) is 30.5 Å². The molecule has 4 aliphatic rings. The van der Waals surface area contributed by atoms with E-state index in [1.54, 1.807) is 0 Å². The number of hydrogen-bond donors (Lipinski definition) is 2. The first-order valence-electron chi connectivity index (χ1n) is 13.2. The third-order valence-electron chi connectivity index (χ3n) is 8.05. The van der Waals surface area contributed by atoms with E-state index in [1.165, 1.54) is 16.4 Å². The highest BCUT2D eigenvalue weighted by Crippen LogP contribution is 2.44. The first kappa shape index (κ1) is 25.9. The Morgan fingerprint density at radius 2 is 1.67 bits per heavy atom. The summed E-state index contributed by atoms with van der Waals surface area (Å²) in [5.74, 6) is -2.24. The van der Waals surface area contributed by atoms with Crippen molar-refractivity contribution in [3.05, 3.63) is 74.1 Å². The van der Waals surface area contributed by atoms with Gasteiger partial charge in [0.25, 0.3) is 0 Å². The molecule has 2 saturated heterocycles. The van der Waals surface area contributed by atoms with Gasteiger partial charge in [0.1, 0.15) is 31.0 Å². The first-order valence-corrected chi connectivity index (χ1v) is 17.0. The lowest BCUT2D eigenvalue weighted by Gasteiger charge is -2.39. The fraction of sp³-hybridized carbons (Fsp3) is 0.345. The standard InChI is InChI=1S/C29H30N2O6SSi/c1-39(2)24-15-18(30-7-11-36-12-8-30)3-5-20(24)26(22-17-23(28(32)33)38-27(22)29(34)35)21-6-4-19(16-25(21)39)31-9-13-37-14-10-31/h3-6,15-17H,7-14H2,1-2H3,(H-,32,33,34,35)/p+1. The summed E-state index contributed by atoms with van der Waals surface area (Å²) in [7, 11) is -2.25. The lowest BCUT2D eigenvalue weighted by Crippen LogP contribution is -2.50. The summed E-state index contributed by atoms with van der Waals surface area (Å²) in [5.41, 5.74) is 5.53. The summed E-state index contributed by atoms with van der Waals surface area (Å²) in [6, 6.07) is 8.02. The van der Waals surface area contributed by atoms with Gasteiger partial charge in [-0.3, -0.25) is 0 Å². The van der Waals surface area contributed by atoms with Crippen molar-refractivity contribution in [2.75, 3.05) is 57.5 Å². The summed E-state index contributed by atoms with van der Waals surface area (Å²) in [6.45, 7) is 10.8. The Kier molecular flexibility index (Phi) is 6.66. The second-order valence-corrected chi connectivity index (χ2v) is 16.0. The van der Waals surface area contributed by atoms with Gasteiger partial charge < -0.3 is 24.6 Å². The van der Waals surface area contributed by atoms with Crippen LogP contribution in [0.25, 0.3) is 5.57 Å². The molecule has 2 aromatic rings. The average molecular weight is 564 g/mol. The van der Waals surface area contributed by atoms with Crippen LogP contribution in [-0.2, 0) is 9.47 Å². The number of benzene rings is 1. The van der Waals surface area contributed by atoms with Crippen LogP contribution in [-0.4, -0.2) is 93.1 Å². The summed E-state index contributed by atoms with van der Waals surface area (Å²) >= 11 is 0.818. The van der Waals surface area contributed by atoms with E-state index in [1.807, 2.05) is 0 Å². The molecule has 1 aromatic carbocycles. The summed E-state index contributed by atoms with van der Waals surface area (Å²) in [4.78, 5) is 26.6. The van der Waals surface area contributed by atoms with Crippen LogP contribution in [0.2, 0.25) is 13.1 Å². The quantitative estimate of drug-likeness (QED) is 0.435. The number of hydrogen-bond acceptors (Lipinski definition) is 6. The molecule has 0 atom stereocenters. The molecule has 3 aliphatic heterocycles. The smallest absolute Gasteiger partial charge is 0.346 e. The van der Waals surface area contributed by atoms with Crippen LogP contribution in [0.5, 0.6) is 0 Å². The summed E-state index contributed by atoms with van der Waals surface area (Å²) < 4.78 is 13.5. The number of thiophene rings is 1. The number of rotatable bonds is 4. The molecule has 1 aliphatic carbocycles. The molecule has 0 amide bonds. The maximum atomic E-state index is 12.3. The van der Waals surface area contributed by atoms with E-state index in [2.05, 4.69) is 59.0 Å². The first-order chi connectivity index (χ1) is 18.8. The van der Waals surface area contributed by atoms with E-state index in [0.29, 0.717) is 32.0 Å². The zero-order chi connectivity index (χ0) is 27.3. The lowest BCUT2D eigenvalue weighted by atomic mass is 9.89. The van der Waals surface area contributed by atoms with Gasteiger partial charge >= 0.3 is 11.9 Å². The molecule has 1 aromatic heterocycles. The fourth-order valence-electron chi connectivity index (χ4n) is 5.99. The van der Waals surface area contributed by atoms with Crippen LogP contribution in [0.15, 0.2) is 53.3 Å². The zero-order valence-corrected chi connectivity index (χ0v) is 23.8. The van der Waals surface area contributed by atoms with Gasteiger partial charge in [-0.2, -0.15) is 0 Å². The molecular formula is C29H31N2O6SSi+. The lowest BCUT2D eigenvalue weighted by molar-refractivity contribution is -0.547. The van der Waals surface area contributed by atoms with Crippen molar-refractivity contribution >= 4 is 53.5 Å². The molecule has 0 bridgehead atoms. The third-order valence-corrected chi connectivity index (χ3v) is 12.7. The van der Waals surface area contributed by atoms with Crippen LogP contribution < -0.4 is 10.1 Å². The molecule has 2 fully saturated rings.